The molecule has 3 heterocycles. The van der Waals surface area contributed by atoms with Crippen molar-refractivity contribution in [1.29, 1.82) is 0 Å². The summed E-state index contributed by atoms with van der Waals surface area (Å²) in [4.78, 5) is 28.4. The summed E-state index contributed by atoms with van der Waals surface area (Å²) in [6.07, 6.45) is 1.98. The van der Waals surface area contributed by atoms with Crippen LogP contribution in [0.5, 0.6) is 0 Å². The molecule has 180 valence electrons. The Balaban J connectivity index is 1.32. The number of aryl methyl sites for hydroxylation is 1. The van der Waals surface area contributed by atoms with Crippen LogP contribution in [0.2, 0.25) is 5.02 Å². The van der Waals surface area contributed by atoms with Crippen LogP contribution in [-0.4, -0.2) is 71.0 Å². The Kier molecular flexibility index (Phi) is 6.54. The first-order valence-corrected chi connectivity index (χ1v) is 12.8. The lowest BCUT2D eigenvalue weighted by molar-refractivity contribution is -0.137. The van der Waals surface area contributed by atoms with Gasteiger partial charge in [0.15, 0.2) is 0 Å². The van der Waals surface area contributed by atoms with Gasteiger partial charge in [-0.1, -0.05) is 17.7 Å². The number of H-pyrrole nitrogens is 1. The van der Waals surface area contributed by atoms with E-state index in [-0.39, 0.29) is 5.92 Å². The number of fused-ring (bicyclic) bond motifs is 1. The van der Waals surface area contributed by atoms with Crippen LogP contribution in [0.3, 0.4) is 0 Å². The zero-order valence-corrected chi connectivity index (χ0v) is 21.1. The van der Waals surface area contributed by atoms with E-state index in [1.54, 1.807) is 0 Å². The smallest absolute Gasteiger partial charge is 0.227 e. The van der Waals surface area contributed by atoms with Crippen molar-refractivity contribution in [2.24, 2.45) is 5.92 Å². The standard InChI is InChI=1S/C27H34ClN5O/c1-18(2)31-11-13-32(14-12-31)27(34)20-5-4-10-33(17-20)21-7-8-23(28)22(16-21)26-29-24-9-6-19(3)15-25(24)30-26/h6-9,15-16,18,20H,4-5,10-14,17H2,1-3H3,(H,29,30)/t20-/m1/s1. The van der Waals surface area contributed by atoms with Gasteiger partial charge in [-0.2, -0.15) is 0 Å². The maximum absolute atomic E-state index is 13.3. The van der Waals surface area contributed by atoms with Crippen LogP contribution in [0.25, 0.3) is 22.4 Å². The lowest BCUT2D eigenvalue weighted by Gasteiger charge is -2.40. The summed E-state index contributed by atoms with van der Waals surface area (Å²) in [5, 5.41) is 0.673. The Labute approximate surface area is 206 Å². The Morgan fingerprint density at radius 2 is 1.88 bits per heavy atom. The normalized spacial score (nSPS) is 19.9. The topological polar surface area (TPSA) is 55.5 Å². The van der Waals surface area contributed by atoms with E-state index in [0.29, 0.717) is 17.0 Å². The van der Waals surface area contributed by atoms with E-state index < -0.39 is 0 Å². The molecule has 5 rings (SSSR count). The lowest BCUT2D eigenvalue weighted by Crippen LogP contribution is -2.53. The number of anilines is 1. The molecule has 0 spiro atoms. The fraction of sp³-hybridized carbons (Fsp3) is 0.481. The molecule has 0 radical (unpaired) electrons. The summed E-state index contributed by atoms with van der Waals surface area (Å²) in [6.45, 7) is 11.8. The van der Waals surface area contributed by atoms with Gasteiger partial charge in [0.1, 0.15) is 5.82 Å². The number of hydrogen-bond acceptors (Lipinski definition) is 4. The Bertz CT molecular complexity index is 1180. The van der Waals surface area contributed by atoms with Crippen LogP contribution in [-0.2, 0) is 4.79 Å². The van der Waals surface area contributed by atoms with Gasteiger partial charge in [0.2, 0.25) is 5.91 Å². The van der Waals surface area contributed by atoms with Gasteiger partial charge in [-0.3, -0.25) is 9.69 Å². The molecule has 2 aliphatic heterocycles. The van der Waals surface area contributed by atoms with E-state index in [0.717, 1.165) is 80.2 Å². The summed E-state index contributed by atoms with van der Waals surface area (Å²) in [7, 11) is 0. The molecule has 0 bridgehead atoms. The molecule has 2 aliphatic rings. The van der Waals surface area contributed by atoms with Crippen molar-refractivity contribution in [3.63, 3.8) is 0 Å². The summed E-state index contributed by atoms with van der Waals surface area (Å²) < 4.78 is 0. The second-order valence-electron chi connectivity index (χ2n) is 10.0. The SMILES string of the molecule is Cc1ccc2[nH]c(-c3cc(N4CCC[C@@H](C(=O)N5CCN(C(C)C)CC5)C4)ccc3Cl)nc2c1. The predicted molar refractivity (Wildman–Crippen MR) is 140 cm³/mol. The van der Waals surface area contributed by atoms with Gasteiger partial charge < -0.3 is 14.8 Å². The fourth-order valence-corrected chi connectivity index (χ4v) is 5.47. The molecule has 1 aromatic heterocycles. The molecule has 1 amide bonds. The van der Waals surface area contributed by atoms with Crippen LogP contribution in [0, 0.1) is 12.8 Å². The van der Waals surface area contributed by atoms with Crippen LogP contribution in [0.4, 0.5) is 5.69 Å². The first-order valence-electron chi connectivity index (χ1n) is 12.4. The van der Waals surface area contributed by atoms with Gasteiger partial charge >= 0.3 is 0 Å². The minimum absolute atomic E-state index is 0.0488. The van der Waals surface area contributed by atoms with Crippen molar-refractivity contribution in [2.45, 2.75) is 39.7 Å². The van der Waals surface area contributed by atoms with Crippen molar-refractivity contribution in [3.05, 3.63) is 47.0 Å². The number of nitrogens with one attached hydrogen (secondary N) is 1. The number of rotatable bonds is 4. The molecule has 34 heavy (non-hydrogen) atoms. The summed E-state index contributed by atoms with van der Waals surface area (Å²) in [5.41, 5.74) is 5.12. The van der Waals surface area contributed by atoms with Crippen molar-refractivity contribution < 1.29 is 4.79 Å². The number of halogens is 1. The molecule has 0 saturated carbocycles. The highest BCUT2D eigenvalue weighted by Gasteiger charge is 2.31. The fourth-order valence-electron chi connectivity index (χ4n) is 5.26. The number of nitrogens with zero attached hydrogens (tertiary/aromatic N) is 4. The van der Waals surface area contributed by atoms with E-state index in [2.05, 4.69) is 70.8 Å². The molecule has 3 aromatic rings. The predicted octanol–water partition coefficient (Wildman–Crippen LogP) is 4.96. The van der Waals surface area contributed by atoms with Crippen molar-refractivity contribution in [1.82, 2.24) is 19.8 Å². The number of imidazole rings is 1. The molecule has 2 aromatic carbocycles. The molecule has 7 heteroatoms. The zero-order valence-electron chi connectivity index (χ0n) is 20.4. The second kappa shape index (κ2) is 9.59. The Morgan fingerprint density at radius 3 is 2.65 bits per heavy atom. The largest absolute Gasteiger partial charge is 0.371 e. The monoisotopic (exact) mass is 479 g/mol. The van der Waals surface area contributed by atoms with Gasteiger partial charge in [0, 0.05) is 56.6 Å². The number of benzene rings is 2. The zero-order chi connectivity index (χ0) is 23.8. The molecule has 6 nitrogen and oxygen atoms in total. The van der Waals surface area contributed by atoms with Crippen LogP contribution in [0.15, 0.2) is 36.4 Å². The minimum Gasteiger partial charge on any atom is -0.371 e. The van der Waals surface area contributed by atoms with E-state index in [1.165, 1.54) is 5.56 Å². The van der Waals surface area contributed by atoms with E-state index in [9.17, 15) is 4.79 Å². The van der Waals surface area contributed by atoms with Gasteiger partial charge in [0.05, 0.1) is 22.0 Å². The third kappa shape index (κ3) is 4.66. The minimum atomic E-state index is 0.0488. The van der Waals surface area contributed by atoms with Gasteiger partial charge in [-0.05, 0) is 69.5 Å². The molecule has 2 fully saturated rings. The van der Waals surface area contributed by atoms with Crippen LogP contribution in [0.1, 0.15) is 32.3 Å². The number of piperidine rings is 1. The van der Waals surface area contributed by atoms with Gasteiger partial charge in [-0.15, -0.1) is 0 Å². The summed E-state index contributed by atoms with van der Waals surface area (Å²) >= 11 is 6.60. The van der Waals surface area contributed by atoms with Crippen molar-refractivity contribution in [3.8, 4) is 11.4 Å². The van der Waals surface area contributed by atoms with E-state index >= 15 is 0 Å². The van der Waals surface area contributed by atoms with Gasteiger partial charge in [-0.25, -0.2) is 4.98 Å². The van der Waals surface area contributed by atoms with Crippen LogP contribution < -0.4 is 4.90 Å². The third-order valence-electron chi connectivity index (χ3n) is 7.34. The first kappa shape index (κ1) is 23.2. The maximum Gasteiger partial charge on any atom is 0.227 e. The van der Waals surface area contributed by atoms with E-state index in [1.807, 2.05) is 6.07 Å². The lowest BCUT2D eigenvalue weighted by atomic mass is 9.95. The van der Waals surface area contributed by atoms with Crippen molar-refractivity contribution >= 4 is 34.2 Å². The first-order chi connectivity index (χ1) is 16.4. The number of aromatic nitrogens is 2. The highest BCUT2D eigenvalue weighted by atomic mass is 35.5. The summed E-state index contributed by atoms with van der Waals surface area (Å²) in [6, 6.07) is 12.9. The molecule has 0 aliphatic carbocycles. The molecule has 1 N–H and O–H groups in total. The molecular formula is C27H34ClN5O. The highest BCUT2D eigenvalue weighted by molar-refractivity contribution is 6.33. The Morgan fingerprint density at radius 1 is 1.09 bits per heavy atom. The quantitative estimate of drug-likeness (QED) is 0.574. The number of aromatic amines is 1. The number of carbonyl (C=O) groups excluding carboxylic acids is 1. The number of amides is 1. The van der Waals surface area contributed by atoms with Gasteiger partial charge in [0.25, 0.3) is 0 Å². The number of carbonyl (C=O) groups is 1. The average Bonchev–Trinajstić information content (AvgIpc) is 3.27. The molecule has 1 atom stereocenters. The Hall–Kier alpha value is -2.57. The molecule has 0 unspecified atom stereocenters. The highest BCUT2D eigenvalue weighted by Crippen LogP contribution is 2.33. The maximum atomic E-state index is 13.3. The number of hydrogen-bond donors (Lipinski definition) is 1. The van der Waals surface area contributed by atoms with Crippen molar-refractivity contribution in [2.75, 3.05) is 44.2 Å². The summed E-state index contributed by atoms with van der Waals surface area (Å²) in [5.74, 6) is 1.14. The second-order valence-corrected chi connectivity index (χ2v) is 10.4. The number of piperazine rings is 1. The van der Waals surface area contributed by atoms with Crippen LogP contribution >= 0.6 is 11.6 Å². The molecular weight excluding hydrogens is 446 g/mol. The average molecular weight is 480 g/mol. The molecule has 2 saturated heterocycles. The third-order valence-corrected chi connectivity index (χ3v) is 7.67. The van der Waals surface area contributed by atoms with E-state index in [4.69, 9.17) is 16.6 Å².